The lowest BCUT2D eigenvalue weighted by Gasteiger charge is -2.07. The van der Waals surface area contributed by atoms with Crippen molar-refractivity contribution < 1.29 is 18.8 Å². The molecule has 0 atom stereocenters. The van der Waals surface area contributed by atoms with Crippen LogP contribution in [-0.2, 0) is 6.42 Å². The van der Waals surface area contributed by atoms with Gasteiger partial charge in [0.1, 0.15) is 11.6 Å². The van der Waals surface area contributed by atoms with Gasteiger partial charge in [0.15, 0.2) is 5.13 Å². The zero-order valence-electron chi connectivity index (χ0n) is 14.1. The number of rotatable bonds is 6. The fourth-order valence-electron chi connectivity index (χ4n) is 2.40. The van der Waals surface area contributed by atoms with E-state index in [0.717, 1.165) is 16.5 Å². The third-order valence-corrected chi connectivity index (χ3v) is 4.62. The van der Waals surface area contributed by atoms with Gasteiger partial charge in [0, 0.05) is 29.6 Å². The van der Waals surface area contributed by atoms with Crippen LogP contribution in [0.1, 0.15) is 20.8 Å². The van der Waals surface area contributed by atoms with Gasteiger partial charge in [0.25, 0.3) is 11.6 Å². The fourth-order valence-corrected chi connectivity index (χ4v) is 3.24. The largest absolute Gasteiger partial charge is 0.496 e. The summed E-state index contributed by atoms with van der Waals surface area (Å²) in [5.74, 6) is -0.638. The number of benzene rings is 2. The van der Waals surface area contributed by atoms with E-state index in [9.17, 15) is 19.3 Å². The molecule has 27 heavy (non-hydrogen) atoms. The first-order valence-electron chi connectivity index (χ1n) is 7.79. The number of thiazole rings is 1. The predicted octanol–water partition coefficient (Wildman–Crippen LogP) is 4.04. The number of halogens is 1. The topological polar surface area (TPSA) is 94.4 Å². The molecule has 1 heterocycles. The normalized spacial score (nSPS) is 10.4. The molecule has 3 rings (SSSR count). The van der Waals surface area contributed by atoms with Crippen LogP contribution < -0.4 is 10.1 Å². The Balaban J connectivity index is 1.75. The fraction of sp³-hybridized carbons (Fsp3) is 0.111. The van der Waals surface area contributed by atoms with Gasteiger partial charge in [-0.3, -0.25) is 20.2 Å². The second-order valence-electron chi connectivity index (χ2n) is 5.53. The van der Waals surface area contributed by atoms with Crippen LogP contribution in [0, 0.1) is 15.9 Å². The number of ether oxygens (including phenoxy) is 1. The van der Waals surface area contributed by atoms with Crippen LogP contribution in [-0.4, -0.2) is 22.9 Å². The smallest absolute Gasteiger partial charge is 0.270 e. The van der Waals surface area contributed by atoms with Crippen molar-refractivity contribution in [2.75, 3.05) is 12.4 Å². The summed E-state index contributed by atoms with van der Waals surface area (Å²) < 4.78 is 18.1. The summed E-state index contributed by atoms with van der Waals surface area (Å²) in [5.41, 5.74) is 0.748. The highest BCUT2D eigenvalue weighted by atomic mass is 32.1. The third kappa shape index (κ3) is 4.45. The van der Waals surface area contributed by atoms with Crippen molar-refractivity contribution in [2.45, 2.75) is 6.42 Å². The van der Waals surface area contributed by atoms with E-state index in [0.29, 0.717) is 11.6 Å². The van der Waals surface area contributed by atoms with Gasteiger partial charge in [-0.15, -0.1) is 11.3 Å². The molecule has 0 fully saturated rings. The number of hydrogen-bond acceptors (Lipinski definition) is 6. The average Bonchev–Trinajstić information content (AvgIpc) is 3.09. The van der Waals surface area contributed by atoms with Crippen LogP contribution in [0.5, 0.6) is 5.75 Å². The van der Waals surface area contributed by atoms with Crippen molar-refractivity contribution in [2.24, 2.45) is 0 Å². The summed E-state index contributed by atoms with van der Waals surface area (Å²) in [5, 5.41) is 13.9. The van der Waals surface area contributed by atoms with Gasteiger partial charge in [0.05, 0.1) is 17.6 Å². The maximum absolute atomic E-state index is 13.0. The van der Waals surface area contributed by atoms with E-state index < -0.39 is 10.8 Å². The lowest BCUT2D eigenvalue weighted by molar-refractivity contribution is -0.384. The highest BCUT2D eigenvalue weighted by molar-refractivity contribution is 7.15. The molecule has 1 aromatic heterocycles. The summed E-state index contributed by atoms with van der Waals surface area (Å²) >= 11 is 1.27. The quantitative estimate of drug-likeness (QED) is 0.509. The summed E-state index contributed by atoms with van der Waals surface area (Å²) in [6.07, 6.45) is 2.17. The molecule has 0 unspecified atom stereocenters. The number of hydrogen-bond donors (Lipinski definition) is 1. The first-order chi connectivity index (χ1) is 13.0. The molecule has 0 radical (unpaired) electrons. The number of non-ortho nitro benzene ring substituents is 1. The molecule has 0 spiro atoms. The van der Waals surface area contributed by atoms with Crippen molar-refractivity contribution in [3.05, 3.63) is 80.6 Å². The third-order valence-electron chi connectivity index (χ3n) is 3.70. The number of amides is 1. The Morgan fingerprint density at radius 2 is 2.04 bits per heavy atom. The van der Waals surface area contributed by atoms with Crippen LogP contribution in [0.25, 0.3) is 0 Å². The highest BCUT2D eigenvalue weighted by Crippen LogP contribution is 2.26. The highest BCUT2D eigenvalue weighted by Gasteiger charge is 2.18. The number of carbonyl (C=O) groups is 1. The van der Waals surface area contributed by atoms with E-state index in [2.05, 4.69) is 10.3 Å². The molecule has 3 aromatic rings. The molecular formula is C18H14FN3O4S. The first kappa shape index (κ1) is 18.5. The van der Waals surface area contributed by atoms with Crippen molar-refractivity contribution in [1.82, 2.24) is 4.98 Å². The Morgan fingerprint density at radius 3 is 2.70 bits per heavy atom. The van der Waals surface area contributed by atoms with E-state index in [-0.39, 0.29) is 22.8 Å². The number of nitro benzene ring substituents is 1. The van der Waals surface area contributed by atoms with Gasteiger partial charge in [-0.1, -0.05) is 12.1 Å². The molecule has 9 heteroatoms. The standard InChI is InChI=1S/C18H14FN3O4S/c1-26-16-7-6-13(22(24)25)9-15(16)17(23)21-18-20-10-14(27-18)8-11-2-4-12(19)5-3-11/h2-7,9-10H,8H2,1H3,(H,20,21,23). The molecule has 0 aliphatic carbocycles. The van der Waals surface area contributed by atoms with E-state index in [4.69, 9.17) is 4.74 Å². The average molecular weight is 387 g/mol. The maximum atomic E-state index is 13.0. The lowest BCUT2D eigenvalue weighted by atomic mass is 10.1. The Bertz CT molecular complexity index is 989. The van der Waals surface area contributed by atoms with Crippen molar-refractivity contribution in [3.63, 3.8) is 0 Å². The van der Waals surface area contributed by atoms with Crippen molar-refractivity contribution in [3.8, 4) is 5.75 Å². The van der Waals surface area contributed by atoms with Gasteiger partial charge >= 0.3 is 0 Å². The molecule has 0 bridgehead atoms. The molecule has 0 saturated carbocycles. The number of nitro groups is 1. The molecule has 1 amide bonds. The summed E-state index contributed by atoms with van der Waals surface area (Å²) in [6, 6.07) is 9.92. The lowest BCUT2D eigenvalue weighted by Crippen LogP contribution is -2.13. The SMILES string of the molecule is COc1ccc([N+](=O)[O-])cc1C(=O)Nc1ncc(Cc2ccc(F)cc2)s1. The molecule has 0 aliphatic heterocycles. The zero-order valence-corrected chi connectivity index (χ0v) is 15.0. The number of carbonyl (C=O) groups excluding carboxylic acids is 1. The summed E-state index contributed by atoms with van der Waals surface area (Å²) in [4.78, 5) is 27.9. The van der Waals surface area contributed by atoms with Crippen molar-refractivity contribution >= 4 is 28.1 Å². The van der Waals surface area contributed by atoms with E-state index in [1.165, 1.54) is 42.7 Å². The van der Waals surface area contributed by atoms with Gasteiger partial charge in [-0.2, -0.15) is 0 Å². The van der Waals surface area contributed by atoms with Crippen LogP contribution in [0.15, 0.2) is 48.7 Å². The van der Waals surface area contributed by atoms with Gasteiger partial charge in [-0.25, -0.2) is 9.37 Å². The molecule has 1 N–H and O–H groups in total. The predicted molar refractivity (Wildman–Crippen MR) is 98.9 cm³/mol. The van der Waals surface area contributed by atoms with Gasteiger partial charge in [-0.05, 0) is 23.8 Å². The Morgan fingerprint density at radius 1 is 1.30 bits per heavy atom. The maximum Gasteiger partial charge on any atom is 0.270 e. The minimum absolute atomic E-state index is 0.0435. The molecular weight excluding hydrogens is 373 g/mol. The second kappa shape index (κ2) is 7.92. The van der Waals surface area contributed by atoms with Crippen molar-refractivity contribution in [1.29, 1.82) is 0 Å². The van der Waals surface area contributed by atoms with E-state index >= 15 is 0 Å². The molecule has 7 nitrogen and oxygen atoms in total. The number of methoxy groups -OCH3 is 1. The Hall–Kier alpha value is -3.33. The summed E-state index contributed by atoms with van der Waals surface area (Å²) in [7, 11) is 1.38. The number of nitrogens with one attached hydrogen (secondary N) is 1. The molecule has 0 aliphatic rings. The van der Waals surface area contributed by atoms with Gasteiger partial charge in [0.2, 0.25) is 0 Å². The van der Waals surface area contributed by atoms with E-state index in [1.807, 2.05) is 0 Å². The Labute approximate surface area is 157 Å². The number of nitrogens with zero attached hydrogens (tertiary/aromatic N) is 2. The monoisotopic (exact) mass is 387 g/mol. The van der Waals surface area contributed by atoms with Crippen LogP contribution >= 0.6 is 11.3 Å². The molecule has 0 saturated heterocycles. The van der Waals surface area contributed by atoms with E-state index in [1.54, 1.807) is 18.3 Å². The first-order valence-corrected chi connectivity index (χ1v) is 8.61. The molecule has 2 aromatic carbocycles. The van der Waals surface area contributed by atoms with Crippen LogP contribution in [0.2, 0.25) is 0 Å². The van der Waals surface area contributed by atoms with Crippen LogP contribution in [0.4, 0.5) is 15.2 Å². The second-order valence-corrected chi connectivity index (χ2v) is 6.65. The van der Waals surface area contributed by atoms with Gasteiger partial charge < -0.3 is 4.74 Å². The molecule has 138 valence electrons. The minimum Gasteiger partial charge on any atom is -0.496 e. The number of anilines is 1. The van der Waals surface area contributed by atoms with Crippen LogP contribution in [0.3, 0.4) is 0 Å². The summed E-state index contributed by atoms with van der Waals surface area (Å²) in [6.45, 7) is 0. The minimum atomic E-state index is -0.583. The zero-order chi connectivity index (χ0) is 19.4. The Kier molecular flexibility index (Phi) is 5.41. The number of aromatic nitrogens is 1.